The minimum Gasteiger partial charge on any atom is -0.356 e. The van der Waals surface area contributed by atoms with Crippen molar-refractivity contribution < 1.29 is 0 Å². The maximum Gasteiger partial charge on any atom is 0.0988 e. The number of likely N-dealkylation sites (N-methyl/N-ethyl adjacent to an activating group) is 1. The monoisotopic (exact) mass is 201 g/mol. The molecule has 0 saturated carbocycles. The molecule has 1 atom stereocenters. The van der Waals surface area contributed by atoms with Crippen molar-refractivity contribution in [1.29, 1.82) is 0 Å². The minimum absolute atomic E-state index is 0.0150. The van der Waals surface area contributed by atoms with Crippen LogP contribution in [0.15, 0.2) is 24.3 Å². The van der Waals surface area contributed by atoms with Crippen molar-refractivity contribution in [2.75, 3.05) is 13.6 Å². The Labute approximate surface area is 88.9 Å². The summed E-state index contributed by atoms with van der Waals surface area (Å²) in [6.45, 7) is 1.04. The van der Waals surface area contributed by atoms with E-state index in [0.29, 0.717) is 0 Å². The van der Waals surface area contributed by atoms with Gasteiger partial charge in [0.15, 0.2) is 0 Å². The number of aromatic nitrogens is 1. The highest BCUT2D eigenvalue weighted by atomic mass is 15.2. The molecule has 0 fully saturated rings. The number of hydrogen-bond acceptors (Lipinski definition) is 2. The average molecular weight is 201 g/mol. The van der Waals surface area contributed by atoms with Crippen LogP contribution >= 0.6 is 0 Å². The Hall–Kier alpha value is -1.32. The second kappa shape index (κ2) is 3.08. The van der Waals surface area contributed by atoms with Crippen LogP contribution in [-0.2, 0) is 6.42 Å². The molecule has 15 heavy (non-hydrogen) atoms. The number of rotatable bonds is 0. The van der Waals surface area contributed by atoms with Gasteiger partial charge in [0, 0.05) is 17.4 Å². The van der Waals surface area contributed by atoms with Crippen LogP contribution in [0.25, 0.3) is 10.9 Å². The summed E-state index contributed by atoms with van der Waals surface area (Å²) in [7, 11) is 2.07. The average Bonchev–Trinajstić information content (AvgIpc) is 2.63. The third-order valence-electron chi connectivity index (χ3n) is 3.33. The third-order valence-corrected chi connectivity index (χ3v) is 3.33. The van der Waals surface area contributed by atoms with Crippen LogP contribution in [0.3, 0.4) is 0 Å². The molecule has 1 aliphatic rings. The van der Waals surface area contributed by atoms with E-state index in [9.17, 15) is 0 Å². The Morgan fingerprint density at radius 2 is 2.20 bits per heavy atom. The lowest BCUT2D eigenvalue weighted by Gasteiger charge is -2.29. The molecule has 3 nitrogen and oxygen atoms in total. The maximum atomic E-state index is 6.15. The van der Waals surface area contributed by atoms with Gasteiger partial charge >= 0.3 is 0 Å². The van der Waals surface area contributed by atoms with Gasteiger partial charge in [-0.05, 0) is 25.1 Å². The molecule has 0 saturated heterocycles. The van der Waals surface area contributed by atoms with Crippen LogP contribution < -0.4 is 5.73 Å². The number of fused-ring (bicyclic) bond motifs is 3. The Balaban J connectivity index is 2.26. The van der Waals surface area contributed by atoms with Crippen molar-refractivity contribution in [2.24, 2.45) is 5.73 Å². The van der Waals surface area contributed by atoms with Crippen LogP contribution in [0.2, 0.25) is 0 Å². The lowest BCUT2D eigenvalue weighted by molar-refractivity contribution is 0.233. The van der Waals surface area contributed by atoms with Gasteiger partial charge in [0.2, 0.25) is 0 Å². The largest absolute Gasteiger partial charge is 0.356 e. The summed E-state index contributed by atoms with van der Waals surface area (Å²) in [4.78, 5) is 5.61. The Bertz CT molecular complexity index is 501. The van der Waals surface area contributed by atoms with Crippen molar-refractivity contribution in [2.45, 2.75) is 12.6 Å². The van der Waals surface area contributed by atoms with E-state index in [4.69, 9.17) is 5.73 Å². The van der Waals surface area contributed by atoms with E-state index in [0.717, 1.165) is 13.0 Å². The first-order chi connectivity index (χ1) is 7.27. The van der Waals surface area contributed by atoms with Gasteiger partial charge in [-0.2, -0.15) is 0 Å². The lowest BCUT2D eigenvalue weighted by Crippen LogP contribution is -2.37. The first-order valence-corrected chi connectivity index (χ1v) is 5.32. The second-order valence-electron chi connectivity index (χ2n) is 4.24. The fraction of sp³-hybridized carbons (Fsp3) is 0.333. The van der Waals surface area contributed by atoms with Crippen molar-refractivity contribution in [3.8, 4) is 0 Å². The fourth-order valence-corrected chi connectivity index (χ4v) is 2.39. The molecule has 0 spiro atoms. The standard InChI is InChI=1S/C12H15N3/c1-15-7-6-9-8-4-2-3-5-10(8)14-11(9)12(15)13/h2-5,12,14H,6-7,13H2,1H3. The second-order valence-corrected chi connectivity index (χ2v) is 4.24. The normalized spacial score (nSPS) is 21.9. The molecule has 1 aromatic carbocycles. The van der Waals surface area contributed by atoms with E-state index in [2.05, 4.69) is 41.2 Å². The van der Waals surface area contributed by atoms with Gasteiger partial charge < -0.3 is 10.7 Å². The van der Waals surface area contributed by atoms with Gasteiger partial charge in [0.25, 0.3) is 0 Å². The number of nitrogens with one attached hydrogen (secondary N) is 1. The van der Waals surface area contributed by atoms with Crippen LogP contribution in [-0.4, -0.2) is 23.5 Å². The zero-order valence-corrected chi connectivity index (χ0v) is 8.83. The molecular weight excluding hydrogens is 186 g/mol. The van der Waals surface area contributed by atoms with Gasteiger partial charge in [0.1, 0.15) is 0 Å². The summed E-state index contributed by atoms with van der Waals surface area (Å²) in [5, 5.41) is 1.33. The molecule has 3 heteroatoms. The molecule has 3 N–H and O–H groups in total. The Morgan fingerprint density at radius 3 is 3.07 bits per heavy atom. The van der Waals surface area contributed by atoms with E-state index >= 15 is 0 Å². The van der Waals surface area contributed by atoms with Crippen molar-refractivity contribution in [3.05, 3.63) is 35.5 Å². The molecule has 0 radical (unpaired) electrons. The highest BCUT2D eigenvalue weighted by Crippen LogP contribution is 2.30. The minimum atomic E-state index is 0.0150. The number of nitrogens with two attached hydrogens (primary N) is 1. The van der Waals surface area contributed by atoms with Crippen molar-refractivity contribution in [3.63, 3.8) is 0 Å². The molecule has 1 aromatic heterocycles. The number of hydrogen-bond donors (Lipinski definition) is 2. The van der Waals surface area contributed by atoms with E-state index in [1.165, 1.54) is 22.2 Å². The van der Waals surface area contributed by atoms with E-state index in [1.807, 2.05) is 0 Å². The Kier molecular flexibility index (Phi) is 1.84. The molecular formula is C12H15N3. The summed E-state index contributed by atoms with van der Waals surface area (Å²) in [6, 6.07) is 8.42. The molecule has 0 aliphatic carbocycles. The molecule has 0 amide bonds. The zero-order valence-electron chi connectivity index (χ0n) is 8.83. The number of nitrogens with zero attached hydrogens (tertiary/aromatic N) is 1. The van der Waals surface area contributed by atoms with Crippen LogP contribution in [0, 0.1) is 0 Å². The Morgan fingerprint density at radius 1 is 1.40 bits per heavy atom. The number of para-hydroxylation sites is 1. The number of benzene rings is 1. The van der Waals surface area contributed by atoms with E-state index in [1.54, 1.807) is 0 Å². The van der Waals surface area contributed by atoms with Gasteiger partial charge in [-0.25, -0.2) is 0 Å². The van der Waals surface area contributed by atoms with Crippen molar-refractivity contribution >= 4 is 10.9 Å². The van der Waals surface area contributed by atoms with Crippen LogP contribution in [0.5, 0.6) is 0 Å². The van der Waals surface area contributed by atoms with Gasteiger partial charge in [0.05, 0.1) is 11.9 Å². The fourth-order valence-electron chi connectivity index (χ4n) is 2.39. The smallest absolute Gasteiger partial charge is 0.0988 e. The summed E-state index contributed by atoms with van der Waals surface area (Å²) >= 11 is 0. The first-order valence-electron chi connectivity index (χ1n) is 5.32. The first kappa shape index (κ1) is 8.95. The molecule has 1 aliphatic heterocycles. The third kappa shape index (κ3) is 1.20. The van der Waals surface area contributed by atoms with Crippen molar-refractivity contribution in [1.82, 2.24) is 9.88 Å². The maximum absolute atomic E-state index is 6.15. The van der Waals surface area contributed by atoms with E-state index < -0.39 is 0 Å². The summed E-state index contributed by atoms with van der Waals surface area (Å²) in [6.07, 6.45) is 1.10. The highest BCUT2D eigenvalue weighted by Gasteiger charge is 2.24. The topological polar surface area (TPSA) is 45.0 Å². The SMILES string of the molecule is CN1CCc2c([nH]c3ccccc23)C1N. The molecule has 2 heterocycles. The van der Waals surface area contributed by atoms with Gasteiger partial charge in [-0.3, -0.25) is 4.90 Å². The predicted molar refractivity (Wildman–Crippen MR) is 61.6 cm³/mol. The summed E-state index contributed by atoms with van der Waals surface area (Å²) in [5.41, 5.74) is 9.93. The van der Waals surface area contributed by atoms with Gasteiger partial charge in [-0.15, -0.1) is 0 Å². The lowest BCUT2D eigenvalue weighted by atomic mass is 10.0. The quantitative estimate of drug-likeness (QED) is 0.680. The summed E-state index contributed by atoms with van der Waals surface area (Å²) in [5.74, 6) is 0. The van der Waals surface area contributed by atoms with Crippen LogP contribution in [0.1, 0.15) is 17.4 Å². The van der Waals surface area contributed by atoms with E-state index in [-0.39, 0.29) is 6.17 Å². The highest BCUT2D eigenvalue weighted by molar-refractivity contribution is 5.85. The number of H-pyrrole nitrogens is 1. The molecule has 3 rings (SSSR count). The predicted octanol–water partition coefficient (Wildman–Crippen LogP) is 1.61. The zero-order chi connectivity index (χ0) is 10.4. The molecule has 78 valence electrons. The van der Waals surface area contributed by atoms with Crippen LogP contribution in [0.4, 0.5) is 0 Å². The molecule has 2 aromatic rings. The number of aromatic amines is 1. The molecule has 1 unspecified atom stereocenters. The summed E-state index contributed by atoms with van der Waals surface area (Å²) < 4.78 is 0. The molecule has 0 bridgehead atoms. The van der Waals surface area contributed by atoms with Gasteiger partial charge in [-0.1, -0.05) is 18.2 Å².